The number of hydrogen-bond acceptors (Lipinski definition) is 3. The van der Waals surface area contributed by atoms with Crippen LogP contribution in [0.4, 0.5) is 15.8 Å². The fourth-order valence-electron chi connectivity index (χ4n) is 3.71. The van der Waals surface area contributed by atoms with Gasteiger partial charge in [0.15, 0.2) is 0 Å². The number of hydrogen-bond donors (Lipinski definition) is 1. The van der Waals surface area contributed by atoms with Crippen LogP contribution in [-0.4, -0.2) is 19.0 Å². The molecule has 1 saturated heterocycles. The molecule has 1 heterocycles. The predicted molar refractivity (Wildman–Crippen MR) is 117 cm³/mol. The molecule has 4 nitrogen and oxygen atoms in total. The molecule has 0 bridgehead atoms. The number of benzene rings is 3. The molecule has 0 aromatic heterocycles. The Morgan fingerprint density at radius 2 is 1.60 bits per heavy atom. The lowest BCUT2D eigenvalue weighted by atomic mass is 9.95. The van der Waals surface area contributed by atoms with Crippen LogP contribution >= 0.6 is 0 Å². The molecule has 4 rings (SSSR count). The molecule has 3 aromatic carbocycles. The maximum atomic E-state index is 14.0. The fraction of sp³-hybridized carbons (Fsp3) is 0.240. The Labute approximate surface area is 176 Å². The van der Waals surface area contributed by atoms with Crippen LogP contribution in [0.5, 0.6) is 5.75 Å². The zero-order valence-corrected chi connectivity index (χ0v) is 16.8. The smallest absolute Gasteiger partial charge is 0.227 e. The lowest BCUT2D eigenvalue weighted by Crippen LogP contribution is -2.38. The molecular formula is C25H25FN2O2. The molecule has 0 spiro atoms. The lowest BCUT2D eigenvalue weighted by molar-refractivity contribution is -0.120. The van der Waals surface area contributed by atoms with Crippen molar-refractivity contribution >= 4 is 17.3 Å². The molecule has 0 saturated carbocycles. The summed E-state index contributed by atoms with van der Waals surface area (Å²) in [4.78, 5) is 14.7. The van der Waals surface area contributed by atoms with E-state index in [-0.39, 0.29) is 17.6 Å². The second kappa shape index (κ2) is 9.44. The van der Waals surface area contributed by atoms with Crippen molar-refractivity contribution in [2.75, 3.05) is 23.3 Å². The van der Waals surface area contributed by atoms with E-state index >= 15 is 0 Å². The maximum Gasteiger partial charge on any atom is 0.227 e. The summed E-state index contributed by atoms with van der Waals surface area (Å²) in [5.41, 5.74) is 2.47. The Balaban J connectivity index is 1.26. The van der Waals surface area contributed by atoms with Gasteiger partial charge < -0.3 is 15.0 Å². The Morgan fingerprint density at radius 1 is 0.933 bits per heavy atom. The van der Waals surface area contributed by atoms with Crippen molar-refractivity contribution in [3.63, 3.8) is 0 Å². The van der Waals surface area contributed by atoms with Crippen LogP contribution in [0.1, 0.15) is 18.4 Å². The molecule has 5 heteroatoms. The number of carbonyl (C=O) groups excluding carboxylic acids is 1. The molecule has 1 N–H and O–H groups in total. The summed E-state index contributed by atoms with van der Waals surface area (Å²) in [7, 11) is 0. The molecule has 1 aliphatic heterocycles. The van der Waals surface area contributed by atoms with E-state index in [0.29, 0.717) is 38.2 Å². The van der Waals surface area contributed by atoms with Gasteiger partial charge in [0.25, 0.3) is 0 Å². The molecule has 0 atom stereocenters. The highest BCUT2D eigenvalue weighted by Gasteiger charge is 2.26. The monoisotopic (exact) mass is 404 g/mol. The molecule has 3 aromatic rings. The maximum absolute atomic E-state index is 14.0. The van der Waals surface area contributed by atoms with E-state index in [9.17, 15) is 9.18 Å². The summed E-state index contributed by atoms with van der Waals surface area (Å²) >= 11 is 0. The highest BCUT2D eigenvalue weighted by atomic mass is 19.1. The molecule has 1 fully saturated rings. The van der Waals surface area contributed by atoms with Crippen LogP contribution < -0.4 is 15.0 Å². The van der Waals surface area contributed by atoms with E-state index in [1.165, 1.54) is 6.07 Å². The first-order valence-corrected chi connectivity index (χ1v) is 10.3. The number of nitrogens with one attached hydrogen (secondary N) is 1. The first-order valence-electron chi connectivity index (χ1n) is 10.3. The van der Waals surface area contributed by atoms with Gasteiger partial charge in [0.05, 0.1) is 5.69 Å². The minimum atomic E-state index is -0.213. The Kier molecular flexibility index (Phi) is 6.28. The van der Waals surface area contributed by atoms with Crippen LogP contribution in [-0.2, 0) is 11.4 Å². The van der Waals surface area contributed by atoms with Gasteiger partial charge in [-0.1, -0.05) is 42.5 Å². The molecule has 1 aliphatic rings. The van der Waals surface area contributed by atoms with Crippen molar-refractivity contribution in [3.05, 3.63) is 90.2 Å². The summed E-state index contributed by atoms with van der Waals surface area (Å²) in [6.45, 7) is 1.85. The second-order valence-electron chi connectivity index (χ2n) is 7.50. The molecular weight excluding hydrogens is 379 g/mol. The zero-order chi connectivity index (χ0) is 20.8. The van der Waals surface area contributed by atoms with E-state index in [1.54, 1.807) is 12.1 Å². The van der Waals surface area contributed by atoms with Crippen molar-refractivity contribution < 1.29 is 13.9 Å². The molecule has 154 valence electrons. The number of halogens is 1. The Hall–Kier alpha value is -3.34. The number of rotatable bonds is 6. The third-order valence-corrected chi connectivity index (χ3v) is 5.43. The summed E-state index contributed by atoms with van der Waals surface area (Å²) in [6.07, 6.45) is 1.41. The third kappa shape index (κ3) is 4.98. The van der Waals surface area contributed by atoms with Gasteiger partial charge >= 0.3 is 0 Å². The van der Waals surface area contributed by atoms with Crippen molar-refractivity contribution in [1.29, 1.82) is 0 Å². The van der Waals surface area contributed by atoms with E-state index in [0.717, 1.165) is 17.0 Å². The SMILES string of the molecule is O=C(Nc1ccc(OCc2ccccc2)cc1)C1CCN(c2ccccc2F)CC1. The summed E-state index contributed by atoms with van der Waals surface area (Å²) in [6, 6.07) is 24.2. The van der Waals surface area contributed by atoms with Gasteiger partial charge in [0.2, 0.25) is 5.91 Å². The Bertz CT molecular complexity index is 968. The number of carbonyl (C=O) groups is 1. The van der Waals surface area contributed by atoms with Crippen molar-refractivity contribution in [2.24, 2.45) is 5.92 Å². The zero-order valence-electron chi connectivity index (χ0n) is 16.8. The topological polar surface area (TPSA) is 41.6 Å². The number of piperidine rings is 1. The molecule has 0 unspecified atom stereocenters. The highest BCUT2D eigenvalue weighted by Crippen LogP contribution is 2.26. The van der Waals surface area contributed by atoms with Gasteiger partial charge in [-0.05, 0) is 54.8 Å². The molecule has 1 amide bonds. The predicted octanol–water partition coefficient (Wildman–Crippen LogP) is 5.26. The van der Waals surface area contributed by atoms with Gasteiger partial charge in [0.1, 0.15) is 18.2 Å². The molecule has 0 radical (unpaired) electrons. The standard InChI is InChI=1S/C25H25FN2O2/c26-23-8-4-5-9-24(23)28-16-14-20(15-17-28)25(29)27-21-10-12-22(13-11-21)30-18-19-6-2-1-3-7-19/h1-13,20H,14-18H2,(H,27,29). The first kappa shape index (κ1) is 20.0. The van der Waals surface area contributed by atoms with Crippen LogP contribution in [0, 0.1) is 11.7 Å². The number of ether oxygens (including phenoxy) is 1. The van der Waals surface area contributed by atoms with E-state index in [2.05, 4.69) is 5.32 Å². The number of nitrogens with zero attached hydrogens (tertiary/aromatic N) is 1. The third-order valence-electron chi connectivity index (χ3n) is 5.43. The van der Waals surface area contributed by atoms with Gasteiger partial charge in [-0.3, -0.25) is 4.79 Å². The number of para-hydroxylation sites is 1. The van der Waals surface area contributed by atoms with Gasteiger partial charge in [-0.15, -0.1) is 0 Å². The first-order chi connectivity index (χ1) is 14.7. The summed E-state index contributed by atoms with van der Waals surface area (Å²) < 4.78 is 19.8. The normalized spacial score (nSPS) is 14.4. The average Bonchev–Trinajstić information content (AvgIpc) is 2.80. The second-order valence-corrected chi connectivity index (χ2v) is 7.50. The van der Waals surface area contributed by atoms with Crippen LogP contribution in [0.25, 0.3) is 0 Å². The highest BCUT2D eigenvalue weighted by molar-refractivity contribution is 5.92. The van der Waals surface area contributed by atoms with Crippen LogP contribution in [0.2, 0.25) is 0 Å². The minimum Gasteiger partial charge on any atom is -0.489 e. The van der Waals surface area contributed by atoms with Crippen molar-refractivity contribution in [1.82, 2.24) is 0 Å². The average molecular weight is 404 g/mol. The van der Waals surface area contributed by atoms with Crippen molar-refractivity contribution in [2.45, 2.75) is 19.4 Å². The van der Waals surface area contributed by atoms with Gasteiger partial charge in [-0.2, -0.15) is 0 Å². The fourth-order valence-corrected chi connectivity index (χ4v) is 3.71. The van der Waals surface area contributed by atoms with Crippen LogP contribution in [0.15, 0.2) is 78.9 Å². The van der Waals surface area contributed by atoms with Gasteiger partial charge in [0, 0.05) is 24.7 Å². The quantitative estimate of drug-likeness (QED) is 0.609. The van der Waals surface area contributed by atoms with E-state index in [1.807, 2.05) is 65.6 Å². The van der Waals surface area contributed by atoms with Gasteiger partial charge in [-0.25, -0.2) is 4.39 Å². The summed E-state index contributed by atoms with van der Waals surface area (Å²) in [5.74, 6) is 0.494. The largest absolute Gasteiger partial charge is 0.489 e. The van der Waals surface area contributed by atoms with Crippen LogP contribution in [0.3, 0.4) is 0 Å². The molecule has 30 heavy (non-hydrogen) atoms. The minimum absolute atomic E-state index is 0.0149. The van der Waals surface area contributed by atoms with Crippen molar-refractivity contribution in [3.8, 4) is 5.75 Å². The Morgan fingerprint density at radius 3 is 2.30 bits per heavy atom. The summed E-state index contributed by atoms with van der Waals surface area (Å²) in [5, 5.41) is 2.99. The van der Waals surface area contributed by atoms with E-state index in [4.69, 9.17) is 4.74 Å². The lowest BCUT2D eigenvalue weighted by Gasteiger charge is -2.33. The number of anilines is 2. The van der Waals surface area contributed by atoms with E-state index < -0.39 is 0 Å². The number of amides is 1. The molecule has 0 aliphatic carbocycles.